The normalized spacial score (nSPS) is 18.2. The molecule has 2 N–H and O–H groups in total. The van der Waals surface area contributed by atoms with E-state index in [1.54, 1.807) is 0 Å². The lowest BCUT2D eigenvalue weighted by Gasteiger charge is -2.34. The maximum atomic E-state index is 14.1. The molecule has 4 aromatic rings. The zero-order valence-electron chi connectivity index (χ0n) is 27.5. The third kappa shape index (κ3) is 6.87. The fraction of sp³-hybridized carbons (Fsp3) is 0.421. The zero-order valence-corrected chi connectivity index (χ0v) is 28.4. The Morgan fingerprint density at radius 2 is 1.80 bits per heavy atom. The number of alkyl halides is 3. The number of rotatable bonds is 8. The summed E-state index contributed by atoms with van der Waals surface area (Å²) in [4.78, 5) is 53.2. The van der Waals surface area contributed by atoms with Crippen molar-refractivity contribution in [3.8, 4) is 0 Å². The van der Waals surface area contributed by atoms with Gasteiger partial charge in [0.25, 0.3) is 17.4 Å². The number of aryl methyl sites for hydroxylation is 1. The molecule has 50 heavy (non-hydrogen) atoms. The first-order valence-corrected chi connectivity index (χ1v) is 18.1. The molecule has 3 aliphatic rings. The molecule has 8 nitrogen and oxygen atoms in total. The van der Waals surface area contributed by atoms with Gasteiger partial charge in [-0.05, 0) is 67.9 Å². The number of benzene rings is 2. The predicted molar refractivity (Wildman–Crippen MR) is 183 cm³/mol. The molecular formula is C38H39F3N4O4S. The molecule has 2 fully saturated rings. The molecule has 2 amide bonds. The van der Waals surface area contributed by atoms with E-state index in [1.165, 1.54) is 28.7 Å². The summed E-state index contributed by atoms with van der Waals surface area (Å²) >= 11 is 1.51. The molecule has 0 bridgehead atoms. The van der Waals surface area contributed by atoms with Gasteiger partial charge in [-0.3, -0.25) is 14.4 Å². The van der Waals surface area contributed by atoms with Gasteiger partial charge in [-0.2, -0.15) is 13.2 Å². The van der Waals surface area contributed by atoms with Crippen LogP contribution in [0.25, 0.3) is 0 Å². The maximum absolute atomic E-state index is 14.1. The molecule has 262 valence electrons. The van der Waals surface area contributed by atoms with Crippen LogP contribution in [0.15, 0.2) is 70.8 Å². The molecule has 1 atom stereocenters. The fourth-order valence-electron chi connectivity index (χ4n) is 7.37. The summed E-state index contributed by atoms with van der Waals surface area (Å²) in [5.41, 5.74) is 0.596. The maximum Gasteiger partial charge on any atom is 0.416 e. The third-order valence-corrected chi connectivity index (χ3v) is 11.5. The molecule has 2 aromatic carbocycles. The van der Waals surface area contributed by atoms with Crippen LogP contribution >= 0.6 is 11.3 Å². The number of hydrogen-bond donors (Lipinski definition) is 2. The molecule has 12 heteroatoms. The third-order valence-electron chi connectivity index (χ3n) is 10.4. The van der Waals surface area contributed by atoms with Crippen molar-refractivity contribution in [2.45, 2.75) is 94.6 Å². The summed E-state index contributed by atoms with van der Waals surface area (Å²) in [6, 6.07) is 16.3. The zero-order chi connectivity index (χ0) is 35.0. The molecule has 2 aliphatic carbocycles. The summed E-state index contributed by atoms with van der Waals surface area (Å²) in [7, 11) is 0. The van der Waals surface area contributed by atoms with Crippen LogP contribution in [0.4, 0.5) is 13.2 Å². The number of halogens is 3. The average Bonchev–Trinajstić information content (AvgIpc) is 3.84. The van der Waals surface area contributed by atoms with E-state index in [4.69, 9.17) is 4.98 Å². The van der Waals surface area contributed by atoms with E-state index in [0.717, 1.165) is 67.2 Å². The van der Waals surface area contributed by atoms with Crippen molar-refractivity contribution < 1.29 is 27.9 Å². The second-order valence-corrected chi connectivity index (χ2v) is 14.6. The first-order valence-electron chi connectivity index (χ1n) is 17.2. The first kappa shape index (κ1) is 34.2. The van der Waals surface area contributed by atoms with Gasteiger partial charge >= 0.3 is 6.18 Å². The smallest absolute Gasteiger partial charge is 0.378 e. The Balaban J connectivity index is 1.10. The quantitative estimate of drug-likeness (QED) is 0.207. The number of aliphatic hydroxyl groups excluding tert-OH is 1. The molecule has 0 spiro atoms. The van der Waals surface area contributed by atoms with E-state index in [9.17, 15) is 32.7 Å². The molecule has 0 saturated heterocycles. The van der Waals surface area contributed by atoms with E-state index in [-0.39, 0.29) is 36.2 Å². The van der Waals surface area contributed by atoms with Crippen LogP contribution in [0.3, 0.4) is 0 Å². The van der Waals surface area contributed by atoms with Crippen LogP contribution in [-0.4, -0.2) is 49.3 Å². The Kier molecular flexibility index (Phi) is 9.42. The number of fused-ring (bicyclic) bond motifs is 1. The highest BCUT2D eigenvalue weighted by Gasteiger charge is 2.50. The average molecular weight is 705 g/mol. The summed E-state index contributed by atoms with van der Waals surface area (Å²) < 4.78 is 39.8. The Labute approximate surface area is 292 Å². The standard InChI is InChI=1S/C38H39F3N4O4S/c39-38(40,41)27-12-7-11-25(19-27)32(46)35(49)44-18-8-15-30-29(22-44)33(47)43-36(42-30)37(16-17-37)31-20-26(23-50-31)34(48)45(28-13-5-2-6-14-28)21-24-9-3-1-4-10-24/h1,3-4,7,9-12,19-20,23,28,32,46H,2,5-6,8,13-18,21-22H2,(H,42,43,47)/t32-/m1/s1. The van der Waals surface area contributed by atoms with Crippen molar-refractivity contribution in [1.29, 1.82) is 0 Å². The summed E-state index contributed by atoms with van der Waals surface area (Å²) in [6.45, 7) is 0.648. The van der Waals surface area contributed by atoms with Crippen molar-refractivity contribution in [2.24, 2.45) is 0 Å². The van der Waals surface area contributed by atoms with E-state index in [1.807, 2.05) is 34.5 Å². The van der Waals surface area contributed by atoms with Crippen molar-refractivity contribution in [2.75, 3.05) is 6.54 Å². The van der Waals surface area contributed by atoms with Gasteiger partial charge < -0.3 is 19.9 Å². The van der Waals surface area contributed by atoms with Crippen LogP contribution in [0, 0.1) is 0 Å². The SMILES string of the molecule is O=C([C@H](O)c1cccc(C(F)(F)F)c1)N1CCCc2nc(C3(c4cc(C(=O)N(Cc5ccccc5)C5CCCCC5)cs4)CC3)[nH]c(=O)c2C1. The summed E-state index contributed by atoms with van der Waals surface area (Å²) in [5, 5.41) is 12.7. The Morgan fingerprint density at radius 1 is 1.04 bits per heavy atom. The Morgan fingerprint density at radius 3 is 2.52 bits per heavy atom. The Hall–Kier alpha value is -4.29. The van der Waals surface area contributed by atoms with Gasteiger partial charge in [0, 0.05) is 29.4 Å². The minimum Gasteiger partial charge on any atom is -0.378 e. The number of amides is 2. The van der Waals surface area contributed by atoms with E-state index in [0.29, 0.717) is 42.0 Å². The molecule has 1 aliphatic heterocycles. The fourth-order valence-corrected chi connectivity index (χ4v) is 8.51. The lowest BCUT2D eigenvalue weighted by atomic mass is 9.93. The number of aliphatic hydroxyl groups is 1. The van der Waals surface area contributed by atoms with Crippen molar-refractivity contribution in [3.05, 3.63) is 121 Å². The predicted octanol–water partition coefficient (Wildman–Crippen LogP) is 6.91. The second kappa shape index (κ2) is 13.8. The van der Waals surface area contributed by atoms with Gasteiger partial charge in [-0.1, -0.05) is 61.7 Å². The molecule has 2 aromatic heterocycles. The number of thiophene rings is 1. The topological polar surface area (TPSA) is 107 Å². The largest absolute Gasteiger partial charge is 0.416 e. The van der Waals surface area contributed by atoms with Crippen LogP contribution < -0.4 is 5.56 Å². The molecule has 7 rings (SSSR count). The molecular weight excluding hydrogens is 666 g/mol. The van der Waals surface area contributed by atoms with Crippen LogP contribution in [0.2, 0.25) is 0 Å². The molecule has 3 heterocycles. The second-order valence-electron chi connectivity index (χ2n) is 13.7. The van der Waals surface area contributed by atoms with Gasteiger partial charge in [0.2, 0.25) is 0 Å². The lowest BCUT2D eigenvalue weighted by Crippen LogP contribution is -2.40. The summed E-state index contributed by atoms with van der Waals surface area (Å²) in [6.07, 6.45) is 1.41. The van der Waals surface area contributed by atoms with E-state index >= 15 is 0 Å². The number of H-pyrrole nitrogens is 1. The highest BCUT2D eigenvalue weighted by Crippen LogP contribution is 2.54. The number of carbonyl (C=O) groups excluding carboxylic acids is 2. The highest BCUT2D eigenvalue weighted by atomic mass is 32.1. The lowest BCUT2D eigenvalue weighted by molar-refractivity contribution is -0.142. The minimum atomic E-state index is -4.62. The van der Waals surface area contributed by atoms with Gasteiger partial charge in [0.1, 0.15) is 5.82 Å². The van der Waals surface area contributed by atoms with Gasteiger partial charge in [0.05, 0.1) is 34.3 Å². The van der Waals surface area contributed by atoms with Crippen molar-refractivity contribution in [3.63, 3.8) is 0 Å². The van der Waals surface area contributed by atoms with Crippen molar-refractivity contribution >= 4 is 23.2 Å². The van der Waals surface area contributed by atoms with Crippen LogP contribution in [-0.2, 0) is 35.9 Å². The monoisotopic (exact) mass is 704 g/mol. The van der Waals surface area contributed by atoms with Gasteiger partial charge in [-0.15, -0.1) is 11.3 Å². The number of aromatic amines is 1. The van der Waals surface area contributed by atoms with Gasteiger partial charge in [0.15, 0.2) is 6.10 Å². The first-order chi connectivity index (χ1) is 24.0. The number of nitrogens with zero attached hydrogens (tertiary/aromatic N) is 3. The Bertz CT molecular complexity index is 1930. The van der Waals surface area contributed by atoms with E-state index in [2.05, 4.69) is 17.1 Å². The number of aromatic nitrogens is 2. The van der Waals surface area contributed by atoms with Crippen molar-refractivity contribution in [1.82, 2.24) is 19.8 Å². The van der Waals surface area contributed by atoms with Gasteiger partial charge in [-0.25, -0.2) is 4.98 Å². The number of hydrogen-bond acceptors (Lipinski definition) is 6. The van der Waals surface area contributed by atoms with E-state index < -0.39 is 29.2 Å². The summed E-state index contributed by atoms with van der Waals surface area (Å²) in [5.74, 6) is -0.219. The van der Waals surface area contributed by atoms with Crippen LogP contribution in [0.1, 0.15) is 106 Å². The minimum absolute atomic E-state index is 0.0134. The van der Waals surface area contributed by atoms with Crippen LogP contribution in [0.5, 0.6) is 0 Å². The number of nitrogens with one attached hydrogen (secondary N) is 1. The molecule has 0 radical (unpaired) electrons. The number of carbonyl (C=O) groups is 2. The molecule has 0 unspecified atom stereocenters. The molecule has 2 saturated carbocycles. The highest BCUT2D eigenvalue weighted by molar-refractivity contribution is 7.10.